The molecule has 0 aliphatic carbocycles. The highest BCUT2D eigenvalue weighted by Crippen LogP contribution is 2.32. The van der Waals surface area contributed by atoms with Crippen LogP contribution in [-0.4, -0.2) is 24.4 Å². The summed E-state index contributed by atoms with van der Waals surface area (Å²) in [6.07, 6.45) is -1.25. The van der Waals surface area contributed by atoms with Gasteiger partial charge >= 0.3 is 6.36 Å². The van der Waals surface area contributed by atoms with Crippen molar-refractivity contribution >= 4 is 32.5 Å². The van der Waals surface area contributed by atoms with Crippen LogP contribution in [0, 0.1) is 0 Å². The second-order valence-corrected chi connectivity index (χ2v) is 7.37. The zero-order valence-corrected chi connectivity index (χ0v) is 15.8. The predicted molar refractivity (Wildman–Crippen MR) is 102 cm³/mol. The summed E-state index contributed by atoms with van der Waals surface area (Å²) in [4.78, 5) is 6.49. The molecule has 1 aliphatic heterocycles. The van der Waals surface area contributed by atoms with Gasteiger partial charge in [0, 0.05) is 40.9 Å². The number of anilines is 1. The van der Waals surface area contributed by atoms with E-state index in [2.05, 4.69) is 48.7 Å². The highest BCUT2D eigenvalue weighted by atomic mass is 79.9. The maximum Gasteiger partial charge on any atom is 0.573 e. The summed E-state index contributed by atoms with van der Waals surface area (Å²) in [6.45, 7) is 1.68. The molecule has 0 saturated carbocycles. The lowest BCUT2D eigenvalue weighted by Crippen LogP contribution is -2.26. The van der Waals surface area contributed by atoms with E-state index in [0.29, 0.717) is 5.52 Å². The van der Waals surface area contributed by atoms with Crippen LogP contribution in [0.2, 0.25) is 0 Å². The van der Waals surface area contributed by atoms with Crippen molar-refractivity contribution in [2.24, 2.45) is 0 Å². The second kappa shape index (κ2) is 7.03. The van der Waals surface area contributed by atoms with Crippen LogP contribution in [0.25, 0.3) is 10.9 Å². The fraction of sp³-hybridized carbons (Fsp3) is 0.250. The molecule has 4 rings (SSSR count). The molecule has 0 amide bonds. The van der Waals surface area contributed by atoms with Gasteiger partial charge < -0.3 is 9.64 Å². The maximum absolute atomic E-state index is 12.5. The van der Waals surface area contributed by atoms with Crippen LogP contribution in [0.4, 0.5) is 18.9 Å². The summed E-state index contributed by atoms with van der Waals surface area (Å²) in [5.41, 5.74) is 4.12. The average molecular weight is 437 g/mol. The van der Waals surface area contributed by atoms with Crippen molar-refractivity contribution in [2.75, 3.05) is 18.0 Å². The van der Waals surface area contributed by atoms with Crippen LogP contribution in [0.5, 0.6) is 5.75 Å². The molecule has 1 aliphatic rings. The van der Waals surface area contributed by atoms with Gasteiger partial charge in [-0.25, -0.2) is 0 Å². The van der Waals surface area contributed by atoms with Gasteiger partial charge in [0.25, 0.3) is 0 Å². The quantitative estimate of drug-likeness (QED) is 0.530. The molecule has 0 saturated heterocycles. The third-order valence-electron chi connectivity index (χ3n) is 4.74. The van der Waals surface area contributed by atoms with E-state index >= 15 is 0 Å². The van der Waals surface area contributed by atoms with Gasteiger partial charge in [-0.15, -0.1) is 13.2 Å². The van der Waals surface area contributed by atoms with Crippen molar-refractivity contribution in [3.8, 4) is 5.75 Å². The number of halogens is 4. The lowest BCUT2D eigenvalue weighted by atomic mass is 10.0. The van der Waals surface area contributed by atoms with E-state index in [4.69, 9.17) is 0 Å². The highest BCUT2D eigenvalue weighted by Gasteiger charge is 2.31. The molecule has 0 unspecified atom stereocenters. The number of fused-ring (bicyclic) bond motifs is 2. The highest BCUT2D eigenvalue weighted by molar-refractivity contribution is 9.10. The monoisotopic (exact) mass is 436 g/mol. The molecule has 3 nitrogen and oxygen atoms in total. The Bertz CT molecular complexity index is 991. The molecular formula is C20H16BrF3N2O. The number of pyridine rings is 1. The Kier molecular flexibility index (Phi) is 4.72. The largest absolute Gasteiger partial charge is 0.573 e. The number of nitrogens with zero attached hydrogens (tertiary/aromatic N) is 2. The topological polar surface area (TPSA) is 25.4 Å². The van der Waals surface area contributed by atoms with Crippen LogP contribution in [-0.2, 0) is 12.8 Å². The van der Waals surface area contributed by atoms with Crippen molar-refractivity contribution in [3.63, 3.8) is 0 Å². The standard InChI is InChI=1S/C20H16BrF3N2O/c21-15-2-1-13-6-9-26(10-7-14(13)11-15)19-5-8-25-18-12-16(3-4-17(18)19)27-20(22,23)24/h1-5,8,11-12H,6-7,9-10H2. The molecule has 7 heteroatoms. The fourth-order valence-corrected chi connectivity index (χ4v) is 3.93. The molecule has 0 N–H and O–H groups in total. The summed E-state index contributed by atoms with van der Waals surface area (Å²) in [6, 6.07) is 12.6. The van der Waals surface area contributed by atoms with Crippen LogP contribution >= 0.6 is 15.9 Å². The molecule has 1 aromatic heterocycles. The van der Waals surface area contributed by atoms with E-state index in [1.165, 1.54) is 23.3 Å². The minimum Gasteiger partial charge on any atom is -0.406 e. The molecular weight excluding hydrogens is 421 g/mol. The average Bonchev–Trinajstić information content (AvgIpc) is 2.82. The maximum atomic E-state index is 12.5. The molecule has 2 aromatic carbocycles. The van der Waals surface area contributed by atoms with Crippen molar-refractivity contribution in [1.29, 1.82) is 0 Å². The molecule has 0 spiro atoms. The number of rotatable bonds is 2. The van der Waals surface area contributed by atoms with E-state index in [-0.39, 0.29) is 5.75 Å². The Balaban J connectivity index is 1.64. The first kappa shape index (κ1) is 18.1. The van der Waals surface area contributed by atoms with Gasteiger partial charge in [0.15, 0.2) is 0 Å². The van der Waals surface area contributed by atoms with Gasteiger partial charge in [0.2, 0.25) is 0 Å². The van der Waals surface area contributed by atoms with Gasteiger partial charge in [0.05, 0.1) is 5.52 Å². The van der Waals surface area contributed by atoms with Gasteiger partial charge in [-0.05, 0) is 54.3 Å². The molecule has 0 atom stereocenters. The molecule has 3 aromatic rings. The summed E-state index contributed by atoms with van der Waals surface area (Å²) >= 11 is 3.52. The van der Waals surface area contributed by atoms with E-state index in [1.54, 1.807) is 12.3 Å². The third kappa shape index (κ3) is 4.03. The summed E-state index contributed by atoms with van der Waals surface area (Å²) in [7, 11) is 0. The first-order valence-corrected chi connectivity index (χ1v) is 9.35. The molecule has 0 radical (unpaired) electrons. The molecule has 27 heavy (non-hydrogen) atoms. The normalized spacial score (nSPS) is 14.7. The molecule has 0 bridgehead atoms. The zero-order valence-electron chi connectivity index (χ0n) is 14.3. The lowest BCUT2D eigenvalue weighted by molar-refractivity contribution is -0.274. The molecule has 2 heterocycles. The fourth-order valence-electron chi connectivity index (χ4n) is 3.52. The minimum absolute atomic E-state index is 0.257. The van der Waals surface area contributed by atoms with Crippen molar-refractivity contribution < 1.29 is 17.9 Å². The number of hydrogen-bond acceptors (Lipinski definition) is 3. The van der Waals surface area contributed by atoms with Crippen molar-refractivity contribution in [2.45, 2.75) is 19.2 Å². The van der Waals surface area contributed by atoms with Gasteiger partial charge in [-0.3, -0.25) is 4.98 Å². The number of benzene rings is 2. The van der Waals surface area contributed by atoms with E-state index < -0.39 is 6.36 Å². The minimum atomic E-state index is -4.71. The van der Waals surface area contributed by atoms with Crippen LogP contribution < -0.4 is 9.64 Å². The SMILES string of the molecule is FC(F)(F)Oc1ccc2c(N3CCc4ccc(Br)cc4CC3)ccnc2c1. The zero-order chi connectivity index (χ0) is 19.0. The molecule has 0 fully saturated rings. The first-order valence-electron chi connectivity index (χ1n) is 8.56. The Morgan fingerprint density at radius 3 is 2.52 bits per heavy atom. The van der Waals surface area contributed by atoms with Crippen LogP contribution in [0.1, 0.15) is 11.1 Å². The van der Waals surface area contributed by atoms with Gasteiger partial charge in [-0.2, -0.15) is 0 Å². The number of ether oxygens (including phenoxy) is 1. The Hall–Kier alpha value is -2.28. The van der Waals surface area contributed by atoms with Gasteiger partial charge in [-0.1, -0.05) is 22.0 Å². The summed E-state index contributed by atoms with van der Waals surface area (Å²) in [5, 5.41) is 0.819. The number of hydrogen-bond donors (Lipinski definition) is 0. The lowest BCUT2D eigenvalue weighted by Gasteiger charge is -2.24. The number of alkyl halides is 3. The van der Waals surface area contributed by atoms with E-state index in [0.717, 1.165) is 41.5 Å². The predicted octanol–water partition coefficient (Wildman–Crippen LogP) is 5.50. The summed E-state index contributed by atoms with van der Waals surface area (Å²) < 4.78 is 42.5. The smallest absolute Gasteiger partial charge is 0.406 e. The first-order chi connectivity index (χ1) is 12.9. The van der Waals surface area contributed by atoms with Crippen molar-refractivity contribution in [1.82, 2.24) is 4.98 Å². The van der Waals surface area contributed by atoms with E-state index in [9.17, 15) is 13.2 Å². The third-order valence-corrected chi connectivity index (χ3v) is 5.23. The number of aromatic nitrogens is 1. The van der Waals surface area contributed by atoms with Crippen LogP contribution in [0.3, 0.4) is 0 Å². The second-order valence-electron chi connectivity index (χ2n) is 6.46. The van der Waals surface area contributed by atoms with E-state index in [1.807, 2.05) is 6.07 Å². The van der Waals surface area contributed by atoms with Gasteiger partial charge in [0.1, 0.15) is 5.75 Å². The Labute approximate surface area is 162 Å². The van der Waals surface area contributed by atoms with Crippen LogP contribution in [0.15, 0.2) is 53.1 Å². The van der Waals surface area contributed by atoms with Crippen molar-refractivity contribution in [3.05, 3.63) is 64.3 Å². The summed E-state index contributed by atoms with van der Waals surface area (Å²) in [5.74, 6) is -0.257. The Morgan fingerprint density at radius 2 is 1.74 bits per heavy atom. The Morgan fingerprint density at radius 1 is 0.963 bits per heavy atom. The molecule has 140 valence electrons.